The monoisotopic (exact) mass is 314 g/mol. The summed E-state index contributed by atoms with van der Waals surface area (Å²) in [5, 5.41) is 3.03. The second-order valence-corrected chi connectivity index (χ2v) is 6.83. The lowest BCUT2D eigenvalue weighted by atomic mass is 9.84. The first-order valence-corrected chi connectivity index (χ1v) is 8.44. The number of hydrogen-bond donors (Lipinski definition) is 1. The molecular formula is C18H22N2O3. The molecule has 0 radical (unpaired) electrons. The summed E-state index contributed by atoms with van der Waals surface area (Å²) in [5.74, 6) is -0.360. The second kappa shape index (κ2) is 5.06. The van der Waals surface area contributed by atoms with Crippen LogP contribution in [0.25, 0.3) is 0 Å². The zero-order valence-corrected chi connectivity index (χ0v) is 13.6. The summed E-state index contributed by atoms with van der Waals surface area (Å²) in [6.45, 7) is 5.12. The molecular weight excluding hydrogens is 292 g/mol. The van der Waals surface area contributed by atoms with Gasteiger partial charge in [-0.25, -0.2) is 0 Å². The highest BCUT2D eigenvalue weighted by atomic mass is 16.5. The number of amides is 1. The molecule has 2 fully saturated rings. The van der Waals surface area contributed by atoms with Gasteiger partial charge >= 0.3 is 5.97 Å². The zero-order valence-electron chi connectivity index (χ0n) is 13.6. The smallest absolute Gasteiger partial charge is 0.310 e. The van der Waals surface area contributed by atoms with Gasteiger partial charge in [-0.15, -0.1) is 0 Å². The number of rotatable bonds is 2. The van der Waals surface area contributed by atoms with Crippen LogP contribution in [0.2, 0.25) is 0 Å². The molecule has 0 unspecified atom stereocenters. The normalized spacial score (nSPS) is 32.0. The molecule has 5 nitrogen and oxygen atoms in total. The van der Waals surface area contributed by atoms with Gasteiger partial charge in [-0.05, 0) is 45.7 Å². The number of hydrogen-bond acceptors (Lipinski definition) is 4. The first kappa shape index (κ1) is 14.7. The van der Waals surface area contributed by atoms with Crippen molar-refractivity contribution in [1.29, 1.82) is 0 Å². The van der Waals surface area contributed by atoms with Crippen LogP contribution in [0.1, 0.15) is 37.3 Å². The van der Waals surface area contributed by atoms with Crippen molar-refractivity contribution in [1.82, 2.24) is 4.90 Å². The highest BCUT2D eigenvalue weighted by Gasteiger charge is 2.63. The van der Waals surface area contributed by atoms with Crippen molar-refractivity contribution >= 4 is 17.6 Å². The van der Waals surface area contributed by atoms with Crippen LogP contribution in [0.4, 0.5) is 5.69 Å². The molecule has 5 heteroatoms. The van der Waals surface area contributed by atoms with Crippen LogP contribution < -0.4 is 5.32 Å². The van der Waals surface area contributed by atoms with Gasteiger partial charge in [0.2, 0.25) is 5.91 Å². The Labute approximate surface area is 136 Å². The van der Waals surface area contributed by atoms with E-state index in [9.17, 15) is 9.59 Å². The lowest BCUT2D eigenvalue weighted by Gasteiger charge is -2.32. The molecule has 0 bridgehead atoms. The van der Waals surface area contributed by atoms with Crippen LogP contribution in [0.5, 0.6) is 0 Å². The standard InChI is InChI=1S/C18H22N2O3/c1-3-23-16(21)12-10-18(20-8-4-5-15(12)20)13-9-11(2)6-7-14(13)19-17(18)22/h6-7,9,12,15H,3-5,8,10H2,1-2H3,(H,19,22)/t12-,15-,18-/m0/s1. The Bertz CT molecular complexity index is 687. The van der Waals surface area contributed by atoms with Crippen LogP contribution in [-0.2, 0) is 19.9 Å². The summed E-state index contributed by atoms with van der Waals surface area (Å²) in [7, 11) is 0. The van der Waals surface area contributed by atoms with Crippen LogP contribution >= 0.6 is 0 Å². The summed E-state index contributed by atoms with van der Waals surface area (Å²) >= 11 is 0. The Morgan fingerprint density at radius 1 is 1.48 bits per heavy atom. The maximum atomic E-state index is 12.9. The van der Waals surface area contributed by atoms with E-state index in [0.717, 1.165) is 36.2 Å². The van der Waals surface area contributed by atoms with Crippen molar-refractivity contribution in [2.24, 2.45) is 5.92 Å². The van der Waals surface area contributed by atoms with Gasteiger partial charge in [-0.1, -0.05) is 17.7 Å². The number of nitrogens with one attached hydrogen (secondary N) is 1. The third kappa shape index (κ3) is 1.89. The summed E-state index contributed by atoms with van der Waals surface area (Å²) in [6.07, 6.45) is 2.51. The van der Waals surface area contributed by atoms with E-state index in [-0.39, 0.29) is 23.8 Å². The highest BCUT2D eigenvalue weighted by Crippen LogP contribution is 2.54. The van der Waals surface area contributed by atoms with E-state index in [2.05, 4.69) is 16.3 Å². The minimum Gasteiger partial charge on any atom is -0.466 e. The van der Waals surface area contributed by atoms with E-state index in [1.807, 2.05) is 26.0 Å². The Kier molecular flexibility index (Phi) is 3.23. The van der Waals surface area contributed by atoms with E-state index >= 15 is 0 Å². The van der Waals surface area contributed by atoms with Gasteiger partial charge in [-0.2, -0.15) is 0 Å². The number of carbonyl (C=O) groups is 2. The Balaban J connectivity index is 1.81. The van der Waals surface area contributed by atoms with Crippen molar-refractivity contribution in [2.45, 2.75) is 44.7 Å². The maximum Gasteiger partial charge on any atom is 0.310 e. The number of aryl methyl sites for hydroxylation is 1. The van der Waals surface area contributed by atoms with Gasteiger partial charge in [0.25, 0.3) is 0 Å². The first-order chi connectivity index (χ1) is 11.1. The predicted octanol–water partition coefficient (Wildman–Crippen LogP) is 2.19. The molecule has 3 aliphatic rings. The van der Waals surface area contributed by atoms with Crippen molar-refractivity contribution < 1.29 is 14.3 Å². The van der Waals surface area contributed by atoms with Crippen LogP contribution in [-0.4, -0.2) is 36.0 Å². The molecule has 1 aromatic rings. The lowest BCUT2D eigenvalue weighted by molar-refractivity contribution is -0.148. The molecule has 0 saturated carbocycles. The molecule has 3 atom stereocenters. The van der Waals surface area contributed by atoms with E-state index in [0.29, 0.717) is 13.0 Å². The van der Waals surface area contributed by atoms with Crippen molar-refractivity contribution in [3.8, 4) is 0 Å². The first-order valence-electron chi connectivity index (χ1n) is 8.44. The Morgan fingerprint density at radius 2 is 2.30 bits per heavy atom. The molecule has 1 spiro atoms. The molecule has 0 aliphatic carbocycles. The molecule has 23 heavy (non-hydrogen) atoms. The van der Waals surface area contributed by atoms with Gasteiger partial charge in [0.15, 0.2) is 0 Å². The van der Waals surface area contributed by atoms with Crippen molar-refractivity contribution in [3.63, 3.8) is 0 Å². The number of carbonyl (C=O) groups excluding carboxylic acids is 2. The molecule has 4 rings (SSSR count). The molecule has 2 saturated heterocycles. The minimum atomic E-state index is -0.694. The highest BCUT2D eigenvalue weighted by molar-refractivity contribution is 6.06. The summed E-state index contributed by atoms with van der Waals surface area (Å²) in [6, 6.07) is 6.19. The molecule has 1 aromatic carbocycles. The minimum absolute atomic E-state index is 0.0109. The number of fused-ring (bicyclic) bond motifs is 4. The molecule has 1 amide bonds. The predicted molar refractivity (Wildman–Crippen MR) is 86.0 cm³/mol. The Hall–Kier alpha value is -1.88. The third-order valence-corrected chi connectivity index (χ3v) is 5.60. The van der Waals surface area contributed by atoms with E-state index < -0.39 is 5.54 Å². The fourth-order valence-corrected chi connectivity index (χ4v) is 4.69. The van der Waals surface area contributed by atoms with Gasteiger partial charge in [0, 0.05) is 17.3 Å². The number of ether oxygens (including phenoxy) is 1. The van der Waals surface area contributed by atoms with E-state index in [1.54, 1.807) is 0 Å². The van der Waals surface area contributed by atoms with Crippen molar-refractivity contribution in [2.75, 3.05) is 18.5 Å². The van der Waals surface area contributed by atoms with Gasteiger partial charge in [0.05, 0.1) is 12.5 Å². The summed E-state index contributed by atoms with van der Waals surface area (Å²) in [4.78, 5) is 27.6. The molecule has 3 heterocycles. The molecule has 0 aromatic heterocycles. The molecule has 122 valence electrons. The molecule has 1 N–H and O–H groups in total. The van der Waals surface area contributed by atoms with Gasteiger partial charge in [-0.3, -0.25) is 14.5 Å². The lowest BCUT2D eigenvalue weighted by Crippen LogP contribution is -2.47. The van der Waals surface area contributed by atoms with Crippen molar-refractivity contribution in [3.05, 3.63) is 29.3 Å². The van der Waals surface area contributed by atoms with E-state index in [1.165, 1.54) is 0 Å². The zero-order chi connectivity index (χ0) is 16.2. The molecule has 3 aliphatic heterocycles. The topological polar surface area (TPSA) is 58.6 Å². The number of nitrogens with zero attached hydrogens (tertiary/aromatic N) is 1. The number of benzene rings is 1. The number of anilines is 1. The average molecular weight is 314 g/mol. The maximum absolute atomic E-state index is 12.9. The quantitative estimate of drug-likeness (QED) is 0.850. The van der Waals surface area contributed by atoms with Crippen LogP contribution in [0, 0.1) is 12.8 Å². The van der Waals surface area contributed by atoms with E-state index in [4.69, 9.17) is 4.74 Å². The second-order valence-electron chi connectivity index (χ2n) is 6.83. The third-order valence-electron chi connectivity index (χ3n) is 5.60. The SMILES string of the molecule is CCOC(=O)[C@H]1C[C@]2(C(=O)Nc3ccc(C)cc32)N2CCC[C@@H]12. The fraction of sp³-hybridized carbons (Fsp3) is 0.556. The average Bonchev–Trinajstić information content (AvgIpc) is 3.16. The van der Waals surface area contributed by atoms with Crippen LogP contribution in [0.3, 0.4) is 0 Å². The summed E-state index contributed by atoms with van der Waals surface area (Å²) < 4.78 is 5.29. The Morgan fingerprint density at radius 3 is 3.09 bits per heavy atom. The number of esters is 1. The van der Waals surface area contributed by atoms with Gasteiger partial charge < -0.3 is 10.1 Å². The largest absolute Gasteiger partial charge is 0.466 e. The van der Waals surface area contributed by atoms with Crippen LogP contribution in [0.15, 0.2) is 18.2 Å². The summed E-state index contributed by atoms with van der Waals surface area (Å²) in [5.41, 5.74) is 2.35. The van der Waals surface area contributed by atoms with Gasteiger partial charge in [0.1, 0.15) is 5.54 Å². The fourth-order valence-electron chi connectivity index (χ4n) is 4.69.